The number of hydrogen-bond acceptors (Lipinski definition) is 6. The van der Waals surface area contributed by atoms with E-state index in [2.05, 4.69) is 20.1 Å². The van der Waals surface area contributed by atoms with Crippen LogP contribution in [0.2, 0.25) is 0 Å². The Bertz CT molecular complexity index is 991. The Morgan fingerprint density at radius 3 is 2.52 bits per heavy atom. The van der Waals surface area contributed by atoms with Crippen molar-refractivity contribution in [1.29, 1.82) is 0 Å². The maximum Gasteiger partial charge on any atom is 0.413 e. The molecule has 3 N–H and O–H groups in total. The molecule has 0 radical (unpaired) electrons. The second-order valence-corrected chi connectivity index (χ2v) is 5.71. The Hall–Kier alpha value is -3.63. The average Bonchev–Trinajstić information content (AvgIpc) is 2.99. The highest BCUT2D eigenvalue weighted by Crippen LogP contribution is 2.34. The molecule has 1 atom stereocenters. The van der Waals surface area contributed by atoms with Crippen LogP contribution in [0.3, 0.4) is 0 Å². The van der Waals surface area contributed by atoms with Gasteiger partial charge < -0.3 is 10.8 Å². The van der Waals surface area contributed by atoms with E-state index >= 15 is 0 Å². The van der Waals surface area contributed by atoms with E-state index in [9.17, 15) is 18.7 Å². The molecule has 0 spiro atoms. The van der Waals surface area contributed by atoms with E-state index in [0.29, 0.717) is 11.9 Å². The van der Waals surface area contributed by atoms with Gasteiger partial charge in [-0.05, 0) is 13.0 Å². The molecule has 0 saturated carbocycles. The SMILES string of the molecule is C[C@H](c1cc(F)cnc1F)N(C(=O)O)c1c(-c2ncc(N)cn2)cnn1C. The van der Waals surface area contributed by atoms with Crippen molar-refractivity contribution in [3.05, 3.63) is 48.2 Å². The highest BCUT2D eigenvalue weighted by Gasteiger charge is 2.31. The van der Waals surface area contributed by atoms with Crippen LogP contribution < -0.4 is 10.6 Å². The number of anilines is 2. The molecule has 1 amide bonds. The number of aryl methyl sites for hydroxylation is 1. The Morgan fingerprint density at radius 2 is 1.89 bits per heavy atom. The van der Waals surface area contributed by atoms with E-state index in [1.165, 1.54) is 37.2 Å². The van der Waals surface area contributed by atoms with Crippen LogP contribution in [-0.4, -0.2) is 35.9 Å². The van der Waals surface area contributed by atoms with Gasteiger partial charge in [-0.15, -0.1) is 0 Å². The van der Waals surface area contributed by atoms with Crippen molar-refractivity contribution in [2.24, 2.45) is 7.05 Å². The molecule has 140 valence electrons. The summed E-state index contributed by atoms with van der Waals surface area (Å²) in [5.74, 6) is -1.48. The number of nitrogen functional groups attached to an aromatic ring is 1. The molecule has 0 saturated heterocycles. The summed E-state index contributed by atoms with van der Waals surface area (Å²) in [7, 11) is 1.51. The Morgan fingerprint density at radius 1 is 1.22 bits per heavy atom. The second kappa shape index (κ2) is 6.94. The molecule has 0 aromatic carbocycles. The molecular formula is C16H15F2N7O2. The second-order valence-electron chi connectivity index (χ2n) is 5.71. The minimum atomic E-state index is -1.40. The first-order chi connectivity index (χ1) is 12.8. The van der Waals surface area contributed by atoms with Gasteiger partial charge in [-0.3, -0.25) is 9.58 Å². The van der Waals surface area contributed by atoms with Gasteiger partial charge in [0.25, 0.3) is 0 Å². The van der Waals surface area contributed by atoms with Gasteiger partial charge in [0.05, 0.1) is 42.1 Å². The van der Waals surface area contributed by atoms with Crippen molar-refractivity contribution in [3.63, 3.8) is 0 Å². The maximum absolute atomic E-state index is 14.1. The zero-order valence-corrected chi connectivity index (χ0v) is 14.3. The van der Waals surface area contributed by atoms with Crippen molar-refractivity contribution in [1.82, 2.24) is 24.7 Å². The van der Waals surface area contributed by atoms with Gasteiger partial charge in [0, 0.05) is 12.6 Å². The van der Waals surface area contributed by atoms with E-state index < -0.39 is 23.9 Å². The number of rotatable bonds is 4. The summed E-state index contributed by atoms with van der Waals surface area (Å²) in [5, 5.41) is 13.8. The predicted octanol–water partition coefficient (Wildman–Crippen LogP) is 2.38. The third kappa shape index (κ3) is 3.38. The largest absolute Gasteiger partial charge is 0.465 e. The lowest BCUT2D eigenvalue weighted by atomic mass is 10.1. The zero-order valence-electron chi connectivity index (χ0n) is 14.3. The van der Waals surface area contributed by atoms with Gasteiger partial charge in [0.2, 0.25) is 5.95 Å². The van der Waals surface area contributed by atoms with Crippen LogP contribution in [0, 0.1) is 11.8 Å². The fourth-order valence-electron chi connectivity index (χ4n) is 2.66. The molecule has 3 aromatic heterocycles. The van der Waals surface area contributed by atoms with Gasteiger partial charge >= 0.3 is 6.09 Å². The molecule has 0 fully saturated rings. The van der Waals surface area contributed by atoms with Crippen molar-refractivity contribution in [2.75, 3.05) is 10.6 Å². The van der Waals surface area contributed by atoms with E-state index in [0.717, 1.165) is 11.0 Å². The number of nitrogens with zero attached hydrogens (tertiary/aromatic N) is 6. The van der Waals surface area contributed by atoms with Gasteiger partial charge in [-0.1, -0.05) is 0 Å². The average molecular weight is 375 g/mol. The van der Waals surface area contributed by atoms with E-state index in [-0.39, 0.29) is 22.8 Å². The number of pyridine rings is 1. The lowest BCUT2D eigenvalue weighted by Gasteiger charge is -2.27. The van der Waals surface area contributed by atoms with Crippen molar-refractivity contribution < 1.29 is 18.7 Å². The summed E-state index contributed by atoms with van der Waals surface area (Å²) in [6.07, 6.45) is 3.43. The molecular weight excluding hydrogens is 360 g/mol. The summed E-state index contributed by atoms with van der Waals surface area (Å²) in [6, 6.07) is -0.202. The van der Waals surface area contributed by atoms with Gasteiger partial charge in [0.1, 0.15) is 11.6 Å². The summed E-state index contributed by atoms with van der Waals surface area (Å²) in [6.45, 7) is 1.41. The first kappa shape index (κ1) is 18.2. The summed E-state index contributed by atoms with van der Waals surface area (Å²) >= 11 is 0. The predicted molar refractivity (Wildman–Crippen MR) is 91.7 cm³/mol. The molecule has 11 heteroatoms. The summed E-state index contributed by atoms with van der Waals surface area (Å²) < 4.78 is 28.9. The Kier molecular flexibility index (Phi) is 4.67. The number of aromatic nitrogens is 5. The van der Waals surface area contributed by atoms with Crippen LogP contribution in [0.4, 0.5) is 25.1 Å². The standard InChI is InChI=1S/C16H15F2N7O2/c1-8(11-3-9(17)4-20-13(11)18)25(16(26)27)15-12(7-23-24(15)2)14-21-5-10(19)6-22-14/h3-8H,19H2,1-2H3,(H,26,27)/t8-/m1/s1. The maximum atomic E-state index is 14.1. The minimum absolute atomic E-state index is 0.0865. The molecule has 9 nitrogen and oxygen atoms in total. The molecule has 3 rings (SSSR count). The molecule has 3 heterocycles. The van der Waals surface area contributed by atoms with E-state index in [1.807, 2.05) is 0 Å². The topological polar surface area (TPSA) is 123 Å². The highest BCUT2D eigenvalue weighted by atomic mass is 19.1. The number of nitrogens with two attached hydrogens (primary N) is 1. The number of halogens is 2. The van der Waals surface area contributed by atoms with Crippen molar-refractivity contribution in [2.45, 2.75) is 13.0 Å². The number of carbonyl (C=O) groups is 1. The van der Waals surface area contributed by atoms with Crippen LogP contribution in [0.25, 0.3) is 11.4 Å². The number of amides is 1. The summed E-state index contributed by atoms with van der Waals surface area (Å²) in [5.41, 5.74) is 5.98. The molecule has 0 unspecified atom stereocenters. The molecule has 3 aromatic rings. The third-order valence-electron chi connectivity index (χ3n) is 3.92. The normalized spacial score (nSPS) is 12.0. The van der Waals surface area contributed by atoms with Gasteiger partial charge in [-0.25, -0.2) is 24.1 Å². The summed E-state index contributed by atoms with van der Waals surface area (Å²) in [4.78, 5) is 24.3. The first-order valence-corrected chi connectivity index (χ1v) is 7.72. The van der Waals surface area contributed by atoms with Crippen LogP contribution in [0.15, 0.2) is 30.9 Å². The zero-order chi connectivity index (χ0) is 19.7. The number of hydrogen-bond donors (Lipinski definition) is 2. The van der Waals surface area contributed by atoms with Crippen LogP contribution in [-0.2, 0) is 7.05 Å². The number of carboxylic acid groups (broad SMARTS) is 1. The Labute approximate surface area is 152 Å². The molecule has 0 aliphatic carbocycles. The molecule has 27 heavy (non-hydrogen) atoms. The minimum Gasteiger partial charge on any atom is -0.465 e. The fraction of sp³-hybridized carbons (Fsp3) is 0.188. The van der Waals surface area contributed by atoms with Crippen LogP contribution in [0.1, 0.15) is 18.5 Å². The smallest absolute Gasteiger partial charge is 0.413 e. The van der Waals surface area contributed by atoms with Crippen molar-refractivity contribution >= 4 is 17.6 Å². The third-order valence-corrected chi connectivity index (χ3v) is 3.92. The van der Waals surface area contributed by atoms with Gasteiger partial charge in [-0.2, -0.15) is 9.49 Å². The van der Waals surface area contributed by atoms with E-state index in [4.69, 9.17) is 5.73 Å². The van der Waals surface area contributed by atoms with Crippen LogP contribution >= 0.6 is 0 Å². The van der Waals surface area contributed by atoms with Crippen molar-refractivity contribution in [3.8, 4) is 11.4 Å². The Balaban J connectivity index is 2.14. The lowest BCUT2D eigenvalue weighted by Crippen LogP contribution is -2.35. The molecule has 0 bridgehead atoms. The van der Waals surface area contributed by atoms with E-state index in [1.54, 1.807) is 0 Å². The molecule has 0 aliphatic rings. The van der Waals surface area contributed by atoms with Crippen LogP contribution in [0.5, 0.6) is 0 Å². The first-order valence-electron chi connectivity index (χ1n) is 7.72. The monoisotopic (exact) mass is 375 g/mol. The molecule has 0 aliphatic heterocycles. The lowest BCUT2D eigenvalue weighted by molar-refractivity contribution is 0.199. The quantitative estimate of drug-likeness (QED) is 0.671. The fourth-order valence-corrected chi connectivity index (χ4v) is 2.66. The highest BCUT2D eigenvalue weighted by molar-refractivity contribution is 5.91. The van der Waals surface area contributed by atoms with Gasteiger partial charge in [0.15, 0.2) is 5.82 Å².